The van der Waals surface area contributed by atoms with Crippen molar-refractivity contribution in [1.82, 2.24) is 5.32 Å². The van der Waals surface area contributed by atoms with E-state index in [0.29, 0.717) is 17.8 Å². The molecule has 136 valence electrons. The van der Waals surface area contributed by atoms with Gasteiger partial charge in [0, 0.05) is 17.6 Å². The zero-order chi connectivity index (χ0) is 18.4. The van der Waals surface area contributed by atoms with Gasteiger partial charge in [-0.3, -0.25) is 9.59 Å². The summed E-state index contributed by atoms with van der Waals surface area (Å²) >= 11 is 3.40. The van der Waals surface area contributed by atoms with Crippen molar-refractivity contribution >= 4 is 33.4 Å². The maximum Gasteiger partial charge on any atom is 0.253 e. The Bertz CT molecular complexity index is 788. The molecule has 2 N–H and O–H groups in total. The molecule has 0 aromatic heterocycles. The van der Waals surface area contributed by atoms with E-state index in [0.717, 1.165) is 29.5 Å². The summed E-state index contributed by atoms with van der Waals surface area (Å²) in [6, 6.07) is 14.6. The number of halogens is 1. The van der Waals surface area contributed by atoms with Gasteiger partial charge in [0.1, 0.15) is 0 Å². The number of amides is 2. The predicted molar refractivity (Wildman–Crippen MR) is 104 cm³/mol. The summed E-state index contributed by atoms with van der Waals surface area (Å²) in [6.45, 7) is 1.24. The fourth-order valence-corrected chi connectivity index (χ4v) is 3.37. The molecule has 0 unspecified atom stereocenters. The molecule has 2 amide bonds. The first-order valence-electron chi connectivity index (χ1n) is 8.65. The van der Waals surface area contributed by atoms with Crippen LogP contribution in [0.25, 0.3) is 0 Å². The number of anilines is 1. The summed E-state index contributed by atoms with van der Waals surface area (Å²) in [4.78, 5) is 24.8. The summed E-state index contributed by atoms with van der Waals surface area (Å²) in [5.74, 6) is -0.374. The monoisotopic (exact) mass is 416 g/mol. The smallest absolute Gasteiger partial charge is 0.253 e. The highest BCUT2D eigenvalue weighted by Gasteiger charge is 2.18. The Morgan fingerprint density at radius 1 is 1.15 bits per heavy atom. The minimum atomic E-state index is -0.209. The maximum atomic E-state index is 12.5. The molecule has 1 saturated heterocycles. The molecule has 26 heavy (non-hydrogen) atoms. The molecule has 6 heteroatoms. The van der Waals surface area contributed by atoms with Crippen LogP contribution in [0.4, 0.5) is 5.69 Å². The van der Waals surface area contributed by atoms with Crippen molar-refractivity contribution in [3.05, 3.63) is 64.1 Å². The Morgan fingerprint density at radius 2 is 2.00 bits per heavy atom. The minimum Gasteiger partial charge on any atom is -0.376 e. The first kappa shape index (κ1) is 18.6. The summed E-state index contributed by atoms with van der Waals surface area (Å²) in [5.41, 5.74) is 1.86. The molecule has 2 aromatic rings. The van der Waals surface area contributed by atoms with Crippen molar-refractivity contribution in [3.8, 4) is 0 Å². The third kappa shape index (κ3) is 5.16. The highest BCUT2D eigenvalue weighted by molar-refractivity contribution is 9.10. The molecule has 0 bridgehead atoms. The van der Waals surface area contributed by atoms with Crippen molar-refractivity contribution in [2.24, 2.45) is 0 Å². The molecule has 0 spiro atoms. The first-order chi connectivity index (χ1) is 12.6. The lowest BCUT2D eigenvalue weighted by Gasteiger charge is -2.14. The number of hydrogen-bond acceptors (Lipinski definition) is 3. The van der Waals surface area contributed by atoms with Crippen LogP contribution >= 0.6 is 15.9 Å². The molecule has 1 fully saturated rings. The van der Waals surface area contributed by atoms with Gasteiger partial charge < -0.3 is 15.4 Å². The van der Waals surface area contributed by atoms with Crippen LogP contribution in [0.5, 0.6) is 0 Å². The Balaban J connectivity index is 1.62. The van der Waals surface area contributed by atoms with Crippen LogP contribution in [-0.2, 0) is 16.0 Å². The van der Waals surface area contributed by atoms with Crippen LogP contribution in [0.15, 0.2) is 53.0 Å². The number of hydrogen-bond donors (Lipinski definition) is 2. The molecular weight excluding hydrogens is 396 g/mol. The van der Waals surface area contributed by atoms with E-state index in [-0.39, 0.29) is 24.3 Å². The standard InChI is InChI=1S/C20H21BrN2O3/c21-15-6-3-5-14(11-15)12-19(24)23-18-9-2-1-8-17(18)20(25)22-13-16-7-4-10-26-16/h1-3,5-6,8-9,11,16H,4,7,10,12-13H2,(H,22,25)(H,23,24)/t16-/m0/s1. The highest BCUT2D eigenvalue weighted by atomic mass is 79.9. The second-order valence-electron chi connectivity index (χ2n) is 6.25. The molecule has 2 aromatic carbocycles. The fourth-order valence-electron chi connectivity index (χ4n) is 2.92. The topological polar surface area (TPSA) is 67.4 Å². The summed E-state index contributed by atoms with van der Waals surface area (Å²) < 4.78 is 6.45. The lowest BCUT2D eigenvalue weighted by molar-refractivity contribution is -0.115. The van der Waals surface area contributed by atoms with Gasteiger partial charge in [-0.1, -0.05) is 40.2 Å². The van der Waals surface area contributed by atoms with E-state index in [2.05, 4.69) is 26.6 Å². The Labute approximate surface area is 161 Å². The van der Waals surface area contributed by atoms with E-state index in [9.17, 15) is 9.59 Å². The molecule has 1 atom stereocenters. The molecule has 0 saturated carbocycles. The highest BCUT2D eigenvalue weighted by Crippen LogP contribution is 2.17. The zero-order valence-electron chi connectivity index (χ0n) is 14.3. The Morgan fingerprint density at radius 3 is 2.77 bits per heavy atom. The summed E-state index contributed by atoms with van der Waals surface area (Å²) in [7, 11) is 0. The first-order valence-corrected chi connectivity index (χ1v) is 9.44. The number of ether oxygens (including phenoxy) is 1. The second-order valence-corrected chi connectivity index (χ2v) is 7.16. The maximum absolute atomic E-state index is 12.5. The van der Waals surface area contributed by atoms with Crippen molar-refractivity contribution in [3.63, 3.8) is 0 Å². The van der Waals surface area contributed by atoms with E-state index in [1.807, 2.05) is 24.3 Å². The Kier molecular flexibility index (Phi) is 6.41. The Hall–Kier alpha value is -2.18. The number of para-hydroxylation sites is 1. The van der Waals surface area contributed by atoms with Crippen molar-refractivity contribution < 1.29 is 14.3 Å². The second kappa shape index (κ2) is 8.96. The van der Waals surface area contributed by atoms with Gasteiger partial charge >= 0.3 is 0 Å². The van der Waals surface area contributed by atoms with Gasteiger partial charge in [0.2, 0.25) is 5.91 Å². The molecule has 5 nitrogen and oxygen atoms in total. The van der Waals surface area contributed by atoms with Gasteiger partial charge in [-0.25, -0.2) is 0 Å². The van der Waals surface area contributed by atoms with Gasteiger partial charge in [0.25, 0.3) is 5.91 Å². The molecule has 0 radical (unpaired) electrons. The molecule has 1 heterocycles. The summed E-state index contributed by atoms with van der Waals surface area (Å²) in [6.07, 6.45) is 2.32. The minimum absolute atomic E-state index is 0.0808. The molecule has 1 aliphatic heterocycles. The quantitative estimate of drug-likeness (QED) is 0.756. The lowest BCUT2D eigenvalue weighted by Crippen LogP contribution is -2.32. The van der Waals surface area contributed by atoms with Gasteiger partial charge in [-0.15, -0.1) is 0 Å². The third-order valence-electron chi connectivity index (χ3n) is 4.21. The number of benzene rings is 2. The molecule has 3 rings (SSSR count). The molecule has 0 aliphatic carbocycles. The molecular formula is C20H21BrN2O3. The average molecular weight is 417 g/mol. The number of rotatable bonds is 6. The number of carbonyl (C=O) groups is 2. The van der Waals surface area contributed by atoms with Crippen molar-refractivity contribution in [2.45, 2.75) is 25.4 Å². The van der Waals surface area contributed by atoms with Gasteiger partial charge in [-0.05, 0) is 42.7 Å². The van der Waals surface area contributed by atoms with E-state index in [4.69, 9.17) is 4.74 Å². The third-order valence-corrected chi connectivity index (χ3v) is 4.71. The van der Waals surface area contributed by atoms with Crippen LogP contribution in [0, 0.1) is 0 Å². The van der Waals surface area contributed by atoms with Crippen LogP contribution in [0.1, 0.15) is 28.8 Å². The largest absolute Gasteiger partial charge is 0.376 e. The average Bonchev–Trinajstić information content (AvgIpc) is 3.13. The predicted octanol–water partition coefficient (Wildman–Crippen LogP) is 3.54. The van der Waals surface area contributed by atoms with Gasteiger partial charge in [-0.2, -0.15) is 0 Å². The van der Waals surface area contributed by atoms with E-state index >= 15 is 0 Å². The van der Waals surface area contributed by atoms with E-state index in [1.165, 1.54) is 0 Å². The zero-order valence-corrected chi connectivity index (χ0v) is 15.9. The number of nitrogens with one attached hydrogen (secondary N) is 2. The molecule has 1 aliphatic rings. The van der Waals surface area contributed by atoms with Gasteiger partial charge in [0.05, 0.1) is 23.8 Å². The van der Waals surface area contributed by atoms with Crippen LogP contribution in [-0.4, -0.2) is 31.1 Å². The number of carbonyl (C=O) groups excluding carboxylic acids is 2. The van der Waals surface area contributed by atoms with Gasteiger partial charge in [0.15, 0.2) is 0 Å². The SMILES string of the molecule is O=C(Cc1cccc(Br)c1)Nc1ccccc1C(=O)NC[C@@H]1CCCO1. The summed E-state index contributed by atoms with van der Waals surface area (Å²) in [5, 5.41) is 5.73. The van der Waals surface area contributed by atoms with Crippen LogP contribution < -0.4 is 10.6 Å². The van der Waals surface area contributed by atoms with E-state index in [1.54, 1.807) is 24.3 Å². The van der Waals surface area contributed by atoms with Crippen LogP contribution in [0.2, 0.25) is 0 Å². The van der Waals surface area contributed by atoms with Crippen molar-refractivity contribution in [1.29, 1.82) is 0 Å². The van der Waals surface area contributed by atoms with Crippen LogP contribution in [0.3, 0.4) is 0 Å². The fraction of sp³-hybridized carbons (Fsp3) is 0.300. The lowest BCUT2D eigenvalue weighted by atomic mass is 10.1. The normalized spacial score (nSPS) is 16.3. The van der Waals surface area contributed by atoms with Crippen molar-refractivity contribution in [2.75, 3.05) is 18.5 Å². The van der Waals surface area contributed by atoms with E-state index < -0.39 is 0 Å².